The average molecular weight is 404 g/mol. The van der Waals surface area contributed by atoms with Crippen LogP contribution in [0.2, 0.25) is 5.04 Å². The zero-order valence-electron chi connectivity index (χ0n) is 16.6. The Morgan fingerprint density at radius 1 is 1.00 bits per heavy atom. The van der Waals surface area contributed by atoms with E-state index in [1.807, 2.05) is 0 Å². The predicted molar refractivity (Wildman–Crippen MR) is 116 cm³/mol. The molecule has 2 aromatic rings. The lowest BCUT2D eigenvalue weighted by molar-refractivity contribution is 0.0730. The van der Waals surface area contributed by atoms with Gasteiger partial charge in [0.15, 0.2) is 0 Å². The third-order valence-corrected chi connectivity index (χ3v) is 10.8. The van der Waals surface area contributed by atoms with Crippen LogP contribution in [-0.4, -0.2) is 39.7 Å². The molecule has 1 heterocycles. The highest BCUT2D eigenvalue weighted by atomic mass is 35.5. The van der Waals surface area contributed by atoms with Gasteiger partial charge in [0, 0.05) is 13.5 Å². The maximum Gasteiger partial charge on any atom is 0.261 e. The summed E-state index contributed by atoms with van der Waals surface area (Å²) in [5, 5.41) is 5.97. The summed E-state index contributed by atoms with van der Waals surface area (Å²) in [4.78, 5) is 0. The van der Waals surface area contributed by atoms with Gasteiger partial charge in [-0.25, -0.2) is 0 Å². The molecule has 1 saturated heterocycles. The van der Waals surface area contributed by atoms with E-state index < -0.39 is 8.32 Å². The first-order valence-corrected chi connectivity index (χ1v) is 11.9. The van der Waals surface area contributed by atoms with E-state index in [0.717, 1.165) is 6.42 Å². The lowest BCUT2D eigenvalue weighted by atomic mass is 10.2. The van der Waals surface area contributed by atoms with E-state index in [1.54, 1.807) is 7.11 Å². The first-order valence-electron chi connectivity index (χ1n) is 9.56. The fraction of sp³-hybridized carbons (Fsp3) is 0.455. The van der Waals surface area contributed by atoms with Gasteiger partial charge in [-0.2, -0.15) is 0 Å². The van der Waals surface area contributed by atoms with Gasteiger partial charge in [0.2, 0.25) is 0 Å². The van der Waals surface area contributed by atoms with Gasteiger partial charge in [0.05, 0.1) is 24.3 Å². The molecule has 0 bridgehead atoms. The molecular weight excluding hydrogens is 374 g/mol. The molecule has 1 fully saturated rings. The minimum Gasteiger partial charge on any atom is -0.406 e. The Bertz CT molecular complexity index is 681. The maximum absolute atomic E-state index is 6.97. The monoisotopic (exact) mass is 403 g/mol. The van der Waals surface area contributed by atoms with Gasteiger partial charge in [-0.15, -0.1) is 11.6 Å². The second-order valence-electron chi connectivity index (χ2n) is 8.22. The average Bonchev–Trinajstić information content (AvgIpc) is 3.03. The Labute approximate surface area is 169 Å². The van der Waals surface area contributed by atoms with Gasteiger partial charge >= 0.3 is 0 Å². The van der Waals surface area contributed by atoms with Crippen molar-refractivity contribution in [3.05, 3.63) is 60.7 Å². The van der Waals surface area contributed by atoms with E-state index >= 15 is 0 Å². The molecule has 3 atom stereocenters. The van der Waals surface area contributed by atoms with Crippen LogP contribution in [0.25, 0.3) is 0 Å². The van der Waals surface area contributed by atoms with Gasteiger partial charge in [-0.1, -0.05) is 81.4 Å². The van der Waals surface area contributed by atoms with Crippen molar-refractivity contribution >= 4 is 30.3 Å². The molecule has 3 rings (SSSR count). The second kappa shape index (κ2) is 8.46. The Kier molecular flexibility index (Phi) is 6.44. The highest BCUT2D eigenvalue weighted by Gasteiger charge is 2.51. The number of hydrogen-bond donors (Lipinski definition) is 1. The summed E-state index contributed by atoms with van der Waals surface area (Å²) in [6.07, 6.45) is 0.873. The first-order chi connectivity index (χ1) is 12.9. The minimum atomic E-state index is -2.52. The highest BCUT2D eigenvalue weighted by Crippen LogP contribution is 2.37. The third kappa shape index (κ3) is 4.15. The van der Waals surface area contributed by atoms with Crippen LogP contribution in [-0.2, 0) is 9.16 Å². The molecule has 3 unspecified atom stereocenters. The topological polar surface area (TPSA) is 30.5 Å². The van der Waals surface area contributed by atoms with Gasteiger partial charge in [-0.05, 0) is 15.4 Å². The Hall–Kier alpha value is -1.17. The van der Waals surface area contributed by atoms with Crippen molar-refractivity contribution in [1.82, 2.24) is 5.32 Å². The first kappa shape index (κ1) is 20.6. The van der Waals surface area contributed by atoms with E-state index in [2.05, 4.69) is 86.8 Å². The summed E-state index contributed by atoms with van der Waals surface area (Å²) in [6.45, 7) is 7.45. The molecule has 1 aliphatic rings. The normalized spacial score (nSPS) is 23.5. The molecule has 0 spiro atoms. The summed E-state index contributed by atoms with van der Waals surface area (Å²) in [6, 6.07) is 21.5. The van der Waals surface area contributed by atoms with Crippen LogP contribution in [0.15, 0.2) is 60.7 Å². The molecule has 0 aromatic heterocycles. The quantitative estimate of drug-likeness (QED) is 0.455. The molecule has 1 N–H and O–H groups in total. The van der Waals surface area contributed by atoms with Crippen LogP contribution in [0.1, 0.15) is 27.2 Å². The molecule has 0 amide bonds. The van der Waals surface area contributed by atoms with Gasteiger partial charge < -0.3 is 9.16 Å². The Morgan fingerprint density at radius 3 is 1.96 bits per heavy atom. The number of nitrogens with one attached hydrogen (secondary N) is 1. The van der Waals surface area contributed by atoms with E-state index in [-0.39, 0.29) is 22.7 Å². The van der Waals surface area contributed by atoms with E-state index in [1.165, 1.54) is 10.4 Å². The van der Waals surface area contributed by atoms with Crippen molar-refractivity contribution in [2.75, 3.05) is 13.7 Å². The number of ether oxygens (including phenoxy) is 1. The smallest absolute Gasteiger partial charge is 0.261 e. The lowest BCUT2D eigenvalue weighted by Crippen LogP contribution is -2.67. The summed E-state index contributed by atoms with van der Waals surface area (Å²) in [5.74, 6) is 0. The molecule has 0 aliphatic carbocycles. The largest absolute Gasteiger partial charge is 0.406 e. The summed E-state index contributed by atoms with van der Waals surface area (Å²) >= 11 is 6.32. The highest BCUT2D eigenvalue weighted by molar-refractivity contribution is 6.99. The molecule has 146 valence electrons. The molecule has 27 heavy (non-hydrogen) atoms. The van der Waals surface area contributed by atoms with Crippen LogP contribution in [0, 0.1) is 0 Å². The van der Waals surface area contributed by atoms with Crippen molar-refractivity contribution in [2.24, 2.45) is 0 Å². The summed E-state index contributed by atoms with van der Waals surface area (Å²) in [7, 11) is -0.773. The van der Waals surface area contributed by atoms with Crippen molar-refractivity contribution in [3.8, 4) is 0 Å². The maximum atomic E-state index is 6.97. The van der Waals surface area contributed by atoms with Crippen LogP contribution in [0.3, 0.4) is 0 Å². The SMILES string of the molecule is COC1CC(Cl)NC1CO[Si](c1ccccc1)(c1ccccc1)C(C)(C)C. The van der Waals surface area contributed by atoms with Crippen molar-refractivity contribution in [2.45, 2.75) is 49.9 Å². The number of rotatable bonds is 6. The minimum absolute atomic E-state index is 0.0305. The molecule has 3 nitrogen and oxygen atoms in total. The fourth-order valence-corrected chi connectivity index (χ4v) is 9.09. The van der Waals surface area contributed by atoms with Crippen molar-refractivity contribution in [3.63, 3.8) is 0 Å². The molecule has 0 saturated carbocycles. The van der Waals surface area contributed by atoms with Crippen molar-refractivity contribution in [1.29, 1.82) is 0 Å². The second-order valence-corrected chi connectivity index (χ2v) is 13.1. The van der Waals surface area contributed by atoms with Gasteiger partial charge in [0.25, 0.3) is 8.32 Å². The van der Waals surface area contributed by atoms with Crippen molar-refractivity contribution < 1.29 is 9.16 Å². The number of methoxy groups -OCH3 is 1. The zero-order valence-corrected chi connectivity index (χ0v) is 18.4. The Balaban J connectivity index is 2.02. The molecular formula is C22H30ClNO2Si. The standard InChI is InChI=1S/C22H30ClNO2Si/c1-22(2,3)27(17-11-7-5-8-12-17,18-13-9-6-10-14-18)26-16-19-20(25-4)15-21(23)24-19/h5-14,19-21,24H,15-16H2,1-4H3. The molecule has 5 heteroatoms. The van der Waals surface area contributed by atoms with E-state index in [0.29, 0.717) is 6.61 Å². The van der Waals surface area contributed by atoms with Gasteiger partial charge in [-0.3, -0.25) is 5.32 Å². The van der Waals surface area contributed by atoms with Crippen LogP contribution >= 0.6 is 11.6 Å². The molecule has 1 aliphatic heterocycles. The van der Waals surface area contributed by atoms with E-state index in [9.17, 15) is 0 Å². The molecule has 0 radical (unpaired) electrons. The zero-order chi connectivity index (χ0) is 19.5. The van der Waals surface area contributed by atoms with Crippen LogP contribution in [0.5, 0.6) is 0 Å². The number of benzene rings is 2. The summed E-state index contributed by atoms with van der Waals surface area (Å²) < 4.78 is 12.6. The lowest BCUT2D eigenvalue weighted by Gasteiger charge is -2.43. The fourth-order valence-electron chi connectivity index (χ4n) is 4.17. The number of hydrogen-bond acceptors (Lipinski definition) is 3. The molecule has 2 aromatic carbocycles. The van der Waals surface area contributed by atoms with Crippen LogP contribution < -0.4 is 15.7 Å². The number of halogens is 1. The predicted octanol–water partition coefficient (Wildman–Crippen LogP) is 3.50. The third-order valence-electron chi connectivity index (χ3n) is 5.48. The Morgan fingerprint density at radius 2 is 1.52 bits per heavy atom. The summed E-state index contributed by atoms with van der Waals surface area (Å²) in [5.41, 5.74) is -0.0669. The van der Waals surface area contributed by atoms with E-state index in [4.69, 9.17) is 20.8 Å². The van der Waals surface area contributed by atoms with Crippen LogP contribution in [0.4, 0.5) is 0 Å². The van der Waals surface area contributed by atoms with Gasteiger partial charge in [0.1, 0.15) is 0 Å². The number of alkyl halides is 1.